The normalized spacial score (nSPS) is 28.6. The lowest BCUT2D eigenvalue weighted by molar-refractivity contribution is -0.132. The van der Waals surface area contributed by atoms with Crippen molar-refractivity contribution in [1.82, 2.24) is 25.1 Å². The smallest absolute Gasteiger partial charge is 0.318 e. The van der Waals surface area contributed by atoms with Crippen LogP contribution in [0, 0.1) is 0 Å². The van der Waals surface area contributed by atoms with Gasteiger partial charge in [-0.2, -0.15) is 9.97 Å². The van der Waals surface area contributed by atoms with E-state index in [0.29, 0.717) is 43.2 Å². The number of phenolic OH excluding ortho intramolecular Hbond substituents is 1. The number of nitrogens with one attached hydrogen (secondary N) is 1. The maximum absolute atomic E-state index is 13.9. The summed E-state index contributed by atoms with van der Waals surface area (Å²) < 4.78 is 6.61. The number of likely N-dealkylation sites (N-methyl/N-ethyl adjacent to an activating group) is 1. The maximum atomic E-state index is 13.9. The average molecular weight is 630 g/mol. The van der Waals surface area contributed by atoms with Gasteiger partial charge in [-0.25, -0.2) is 0 Å². The summed E-state index contributed by atoms with van der Waals surface area (Å²) in [7, 11) is 1.92. The predicted molar refractivity (Wildman–Crippen MR) is 173 cm³/mol. The molecule has 4 saturated heterocycles. The summed E-state index contributed by atoms with van der Waals surface area (Å²) in [6.45, 7) is 4.73. The molecular weight excluding hydrogens is 590 g/mol. The first kappa shape index (κ1) is 27.9. The van der Waals surface area contributed by atoms with Crippen LogP contribution in [0.2, 0.25) is 5.02 Å². The van der Waals surface area contributed by atoms with Crippen LogP contribution in [0.25, 0.3) is 10.8 Å². The second-order valence-electron chi connectivity index (χ2n) is 14.1. The highest BCUT2D eigenvalue weighted by molar-refractivity contribution is 6.36. The summed E-state index contributed by atoms with van der Waals surface area (Å²) in [5, 5.41) is 16.9. The Balaban J connectivity index is 1.18. The van der Waals surface area contributed by atoms with Gasteiger partial charge in [0.25, 0.3) is 0 Å². The highest BCUT2D eigenvalue weighted by Gasteiger charge is 2.48. The third-order valence-electron chi connectivity index (χ3n) is 11.6. The molecule has 0 saturated carbocycles. The largest absolute Gasteiger partial charge is 0.508 e. The second kappa shape index (κ2) is 10.3. The van der Waals surface area contributed by atoms with Gasteiger partial charge in [0.05, 0.1) is 40.6 Å². The van der Waals surface area contributed by atoms with Crippen LogP contribution in [0.1, 0.15) is 62.2 Å². The van der Waals surface area contributed by atoms with Crippen molar-refractivity contribution in [2.24, 2.45) is 0 Å². The lowest BCUT2D eigenvalue weighted by atomic mass is 9.91. The van der Waals surface area contributed by atoms with Crippen molar-refractivity contribution in [2.45, 2.75) is 81.2 Å². The Hall–Kier alpha value is -3.34. The number of halogens is 1. The standard InChI is InChI=1S/C34H40ClN7O3/c1-39-28-18-40(27-14-22(43)13-20-5-2-6-23(35)30(20)27)17-25-31(28)32(42-16-21-7-8-24(36-21)26(42)15-29(39)44)38-33(37-25)45-19-34-9-3-11-41(34)12-4-10-34/h2,5-6,13-14,21,24,26,28,36,43H,3-4,7-12,15-19H2,1H3. The monoisotopic (exact) mass is 629 g/mol. The van der Waals surface area contributed by atoms with E-state index in [1.807, 2.05) is 30.1 Å². The van der Waals surface area contributed by atoms with Crippen LogP contribution in [-0.2, 0) is 11.3 Å². The molecule has 9 rings (SSSR count). The molecule has 0 spiro atoms. The SMILES string of the molecule is CN1C(=O)CC2C3CCC(CN2c2nc(OCC45CCCN4CCC5)nc4c2C1CN(c1cc(O)cc2cccc(Cl)c12)C4)N3. The Kier molecular flexibility index (Phi) is 6.41. The molecule has 2 bridgehead atoms. The molecule has 45 heavy (non-hydrogen) atoms. The number of carbonyl (C=O) groups excluding carboxylic acids is 1. The van der Waals surface area contributed by atoms with Crippen LogP contribution in [0.3, 0.4) is 0 Å². The molecule has 4 unspecified atom stereocenters. The maximum Gasteiger partial charge on any atom is 0.318 e. The molecular formula is C34H40ClN7O3. The molecule has 7 heterocycles. The quantitative estimate of drug-likeness (QED) is 0.440. The van der Waals surface area contributed by atoms with Gasteiger partial charge in [-0.3, -0.25) is 9.69 Å². The molecule has 2 N–H and O–H groups in total. The number of benzene rings is 2. The number of aromatic nitrogens is 2. The van der Waals surface area contributed by atoms with E-state index >= 15 is 0 Å². The first-order valence-corrected chi connectivity index (χ1v) is 17.0. The van der Waals surface area contributed by atoms with Crippen molar-refractivity contribution in [2.75, 3.05) is 49.6 Å². The summed E-state index contributed by atoms with van der Waals surface area (Å²) in [5.74, 6) is 1.23. The summed E-state index contributed by atoms with van der Waals surface area (Å²) in [6.07, 6.45) is 7.35. The van der Waals surface area contributed by atoms with Crippen molar-refractivity contribution in [3.8, 4) is 11.8 Å². The fraction of sp³-hybridized carbons (Fsp3) is 0.559. The minimum atomic E-state index is -0.266. The van der Waals surface area contributed by atoms with Crippen molar-refractivity contribution >= 4 is 39.8 Å². The van der Waals surface area contributed by atoms with Crippen molar-refractivity contribution in [3.63, 3.8) is 0 Å². The van der Waals surface area contributed by atoms with E-state index in [9.17, 15) is 9.90 Å². The van der Waals surface area contributed by atoms with E-state index in [-0.39, 0.29) is 35.3 Å². The number of amides is 1. The highest BCUT2D eigenvalue weighted by atomic mass is 35.5. The predicted octanol–water partition coefficient (Wildman–Crippen LogP) is 4.23. The summed E-state index contributed by atoms with van der Waals surface area (Å²) in [4.78, 5) is 33.4. The Morgan fingerprint density at radius 2 is 1.98 bits per heavy atom. The van der Waals surface area contributed by atoms with Gasteiger partial charge in [-0.05, 0) is 69.1 Å². The molecule has 6 aliphatic heterocycles. The Bertz CT molecular complexity index is 1690. The lowest BCUT2D eigenvalue weighted by Crippen LogP contribution is -2.61. The van der Waals surface area contributed by atoms with Gasteiger partial charge in [0, 0.05) is 55.7 Å². The zero-order chi connectivity index (χ0) is 30.4. The van der Waals surface area contributed by atoms with Gasteiger partial charge < -0.3 is 29.9 Å². The molecule has 3 aromatic rings. The number of hydrogen-bond acceptors (Lipinski definition) is 9. The number of fused-ring (bicyclic) bond motifs is 7. The van der Waals surface area contributed by atoms with Crippen LogP contribution in [-0.4, -0.2) is 94.3 Å². The van der Waals surface area contributed by atoms with Crippen molar-refractivity contribution in [1.29, 1.82) is 0 Å². The highest BCUT2D eigenvalue weighted by Crippen LogP contribution is 2.46. The molecule has 0 radical (unpaired) electrons. The number of phenols is 1. The minimum absolute atomic E-state index is 0.0390. The molecule has 4 fully saturated rings. The van der Waals surface area contributed by atoms with E-state index in [1.165, 1.54) is 12.8 Å². The zero-order valence-corrected chi connectivity index (χ0v) is 26.5. The summed E-state index contributed by atoms with van der Waals surface area (Å²) in [6, 6.07) is 10.1. The van der Waals surface area contributed by atoms with Gasteiger partial charge in [0.2, 0.25) is 5.91 Å². The number of rotatable bonds is 4. The van der Waals surface area contributed by atoms with Crippen molar-refractivity contribution < 1.29 is 14.6 Å². The summed E-state index contributed by atoms with van der Waals surface area (Å²) >= 11 is 6.79. The number of anilines is 2. The van der Waals surface area contributed by atoms with E-state index in [1.54, 1.807) is 12.1 Å². The van der Waals surface area contributed by atoms with Crippen LogP contribution in [0.4, 0.5) is 11.5 Å². The van der Waals surface area contributed by atoms with Gasteiger partial charge in [-0.1, -0.05) is 23.7 Å². The molecule has 11 heteroatoms. The molecule has 6 aliphatic rings. The van der Waals surface area contributed by atoms with Crippen molar-refractivity contribution in [3.05, 3.63) is 46.6 Å². The summed E-state index contributed by atoms with van der Waals surface area (Å²) in [5.41, 5.74) is 2.81. The Morgan fingerprint density at radius 1 is 1.13 bits per heavy atom. The fourth-order valence-electron chi connectivity index (χ4n) is 9.41. The van der Waals surface area contributed by atoms with Gasteiger partial charge >= 0.3 is 6.01 Å². The molecule has 1 amide bonds. The number of nitrogens with zero attached hydrogens (tertiary/aromatic N) is 6. The Morgan fingerprint density at radius 3 is 2.82 bits per heavy atom. The Labute approximate surface area is 268 Å². The van der Waals surface area contributed by atoms with E-state index in [0.717, 1.165) is 78.9 Å². The number of aromatic hydroxyl groups is 1. The van der Waals surface area contributed by atoms with E-state index in [4.69, 9.17) is 26.3 Å². The molecule has 1 aromatic heterocycles. The number of carbonyl (C=O) groups is 1. The zero-order valence-electron chi connectivity index (χ0n) is 25.7. The van der Waals surface area contributed by atoms with Gasteiger partial charge in [-0.15, -0.1) is 0 Å². The topological polar surface area (TPSA) is 97.3 Å². The van der Waals surface area contributed by atoms with Crippen LogP contribution in [0.5, 0.6) is 11.8 Å². The van der Waals surface area contributed by atoms with Gasteiger partial charge in [0.15, 0.2) is 0 Å². The molecule has 236 valence electrons. The van der Waals surface area contributed by atoms with Crippen LogP contribution in [0.15, 0.2) is 30.3 Å². The van der Waals surface area contributed by atoms with E-state index in [2.05, 4.69) is 20.0 Å². The fourth-order valence-corrected chi connectivity index (χ4v) is 9.68. The van der Waals surface area contributed by atoms with E-state index < -0.39 is 0 Å². The number of hydrogen-bond donors (Lipinski definition) is 2. The van der Waals surface area contributed by atoms with Gasteiger partial charge in [0.1, 0.15) is 18.2 Å². The third-order valence-corrected chi connectivity index (χ3v) is 12.0. The van der Waals surface area contributed by atoms with Crippen LogP contribution < -0.4 is 19.9 Å². The molecule has 10 nitrogen and oxygen atoms in total. The number of ether oxygens (including phenoxy) is 1. The third kappa shape index (κ3) is 4.39. The van der Waals surface area contributed by atoms with Crippen LogP contribution >= 0.6 is 11.6 Å². The molecule has 2 aromatic carbocycles. The molecule has 4 atom stereocenters. The average Bonchev–Trinajstić information content (AvgIpc) is 3.73. The molecule has 0 aliphatic carbocycles. The first-order valence-electron chi connectivity index (χ1n) is 16.6. The first-order chi connectivity index (χ1) is 21.9. The minimum Gasteiger partial charge on any atom is -0.508 e. The second-order valence-corrected chi connectivity index (χ2v) is 14.5. The lowest BCUT2D eigenvalue weighted by Gasteiger charge is -2.48. The number of piperazine rings is 1.